The summed E-state index contributed by atoms with van der Waals surface area (Å²) in [6.45, 7) is 8.76. The Morgan fingerprint density at radius 3 is 2.57 bits per heavy atom. The maximum atomic E-state index is 11.9. The number of rotatable bonds is 7. The molecular weight excluding hydrogens is 312 g/mol. The lowest BCUT2D eigenvalue weighted by Gasteiger charge is -2.33. The number of hydrogen-bond donors (Lipinski definition) is 1. The van der Waals surface area contributed by atoms with E-state index >= 15 is 0 Å². The van der Waals surface area contributed by atoms with Crippen molar-refractivity contribution < 1.29 is 9.53 Å². The minimum Gasteiger partial charge on any atom is -0.484 e. The molecule has 0 aliphatic carbocycles. The maximum Gasteiger partial charge on any atom is 0.257 e. The molecule has 1 N–H and O–H groups in total. The molecule has 0 unspecified atom stereocenters. The summed E-state index contributed by atoms with van der Waals surface area (Å²) in [6, 6.07) is 7.03. The van der Waals surface area contributed by atoms with Crippen LogP contribution in [0.5, 0.6) is 5.75 Å². The molecule has 4 nitrogen and oxygen atoms in total. The van der Waals surface area contributed by atoms with Crippen molar-refractivity contribution in [3.63, 3.8) is 0 Å². The average Bonchev–Trinajstić information content (AvgIpc) is 2.53. The third-order valence-corrected chi connectivity index (χ3v) is 4.35. The summed E-state index contributed by atoms with van der Waals surface area (Å²) in [5, 5.41) is 3.64. The lowest BCUT2D eigenvalue weighted by molar-refractivity contribution is -0.123. The minimum atomic E-state index is -0.0652. The van der Waals surface area contributed by atoms with Crippen molar-refractivity contribution in [2.24, 2.45) is 11.8 Å². The van der Waals surface area contributed by atoms with Crippen molar-refractivity contribution in [3.8, 4) is 5.75 Å². The van der Waals surface area contributed by atoms with Gasteiger partial charge in [0, 0.05) is 18.1 Å². The molecule has 1 amide bonds. The molecule has 23 heavy (non-hydrogen) atoms. The summed E-state index contributed by atoms with van der Waals surface area (Å²) in [5.74, 6) is 1.89. The quantitative estimate of drug-likeness (QED) is 0.830. The van der Waals surface area contributed by atoms with Crippen LogP contribution in [0.3, 0.4) is 0 Å². The minimum absolute atomic E-state index is 0.0494. The zero-order chi connectivity index (χ0) is 16.7. The van der Waals surface area contributed by atoms with Crippen LogP contribution in [-0.4, -0.2) is 43.6 Å². The zero-order valence-electron chi connectivity index (χ0n) is 14.1. The largest absolute Gasteiger partial charge is 0.484 e. The zero-order valence-corrected chi connectivity index (χ0v) is 14.8. The number of carbonyl (C=O) groups is 1. The monoisotopic (exact) mass is 338 g/mol. The molecule has 1 aliphatic rings. The lowest BCUT2D eigenvalue weighted by atomic mass is 9.96. The van der Waals surface area contributed by atoms with Gasteiger partial charge in [-0.3, -0.25) is 4.79 Å². The number of piperidine rings is 1. The van der Waals surface area contributed by atoms with E-state index in [9.17, 15) is 4.79 Å². The van der Waals surface area contributed by atoms with Crippen molar-refractivity contribution in [2.45, 2.75) is 26.7 Å². The Hall–Kier alpha value is -1.26. The number of likely N-dealkylation sites (tertiary alicyclic amines) is 1. The molecule has 2 rings (SSSR count). The number of carbonyl (C=O) groups excluding carboxylic acids is 1. The van der Waals surface area contributed by atoms with Crippen molar-refractivity contribution >= 4 is 17.5 Å². The first-order chi connectivity index (χ1) is 11.0. The highest BCUT2D eigenvalue weighted by Crippen LogP contribution is 2.17. The summed E-state index contributed by atoms with van der Waals surface area (Å²) in [7, 11) is 0. The number of amides is 1. The van der Waals surface area contributed by atoms with Crippen molar-refractivity contribution in [3.05, 3.63) is 29.3 Å². The Kier molecular flexibility index (Phi) is 7.18. The Morgan fingerprint density at radius 1 is 1.30 bits per heavy atom. The van der Waals surface area contributed by atoms with E-state index in [1.165, 1.54) is 6.54 Å². The van der Waals surface area contributed by atoms with Gasteiger partial charge in [-0.05, 0) is 62.0 Å². The van der Waals surface area contributed by atoms with Crippen LogP contribution in [0.4, 0.5) is 0 Å². The number of nitrogens with zero attached hydrogens (tertiary/aromatic N) is 1. The van der Waals surface area contributed by atoms with Crippen LogP contribution in [0.2, 0.25) is 5.02 Å². The van der Waals surface area contributed by atoms with Gasteiger partial charge < -0.3 is 15.0 Å². The van der Waals surface area contributed by atoms with Gasteiger partial charge in [-0.1, -0.05) is 25.4 Å². The van der Waals surface area contributed by atoms with E-state index in [1.807, 2.05) is 0 Å². The van der Waals surface area contributed by atoms with E-state index < -0.39 is 0 Å². The molecule has 0 aromatic heterocycles. The van der Waals surface area contributed by atoms with Crippen molar-refractivity contribution in [1.82, 2.24) is 10.2 Å². The molecule has 128 valence electrons. The first kappa shape index (κ1) is 18.1. The van der Waals surface area contributed by atoms with Gasteiger partial charge in [0.2, 0.25) is 0 Å². The molecule has 5 heteroatoms. The molecule has 1 saturated heterocycles. The highest BCUT2D eigenvalue weighted by molar-refractivity contribution is 6.30. The van der Waals surface area contributed by atoms with Crippen LogP contribution in [-0.2, 0) is 4.79 Å². The van der Waals surface area contributed by atoms with Gasteiger partial charge in [0.25, 0.3) is 5.91 Å². The molecule has 0 bridgehead atoms. The molecule has 1 fully saturated rings. The van der Waals surface area contributed by atoms with Crippen LogP contribution in [0.25, 0.3) is 0 Å². The van der Waals surface area contributed by atoms with Crippen LogP contribution >= 0.6 is 11.6 Å². The van der Waals surface area contributed by atoms with Crippen LogP contribution in [0.15, 0.2) is 24.3 Å². The van der Waals surface area contributed by atoms with Crippen molar-refractivity contribution in [1.29, 1.82) is 0 Å². The summed E-state index contributed by atoms with van der Waals surface area (Å²) in [4.78, 5) is 14.4. The normalized spacial score (nSPS) is 16.5. The molecule has 1 aromatic carbocycles. The molecular formula is C18H27ClN2O2. The Balaban J connectivity index is 1.60. The first-order valence-electron chi connectivity index (χ1n) is 8.40. The molecule has 0 radical (unpaired) electrons. The fourth-order valence-corrected chi connectivity index (χ4v) is 3.00. The molecule has 1 aromatic rings. The number of halogens is 1. The first-order valence-corrected chi connectivity index (χ1v) is 8.78. The highest BCUT2D eigenvalue weighted by Gasteiger charge is 2.20. The van der Waals surface area contributed by atoms with Gasteiger partial charge in [0.15, 0.2) is 6.61 Å². The van der Waals surface area contributed by atoms with E-state index in [0.29, 0.717) is 16.7 Å². The predicted octanol–water partition coefficient (Wildman–Crippen LogP) is 3.20. The predicted molar refractivity (Wildman–Crippen MR) is 94.0 cm³/mol. The van der Waals surface area contributed by atoms with Gasteiger partial charge in [-0.15, -0.1) is 0 Å². The summed E-state index contributed by atoms with van der Waals surface area (Å²) < 4.78 is 5.44. The SMILES string of the molecule is CC(C)CN1CCC(CNC(=O)COc2ccc(Cl)cc2)CC1. The average molecular weight is 339 g/mol. The van der Waals surface area contributed by atoms with Gasteiger partial charge in [-0.25, -0.2) is 0 Å². The second-order valence-corrected chi connectivity index (χ2v) is 7.12. The van der Waals surface area contributed by atoms with Gasteiger partial charge in [0.05, 0.1) is 0 Å². The second-order valence-electron chi connectivity index (χ2n) is 6.68. The van der Waals surface area contributed by atoms with E-state index in [4.69, 9.17) is 16.3 Å². The fraction of sp³-hybridized carbons (Fsp3) is 0.611. The smallest absolute Gasteiger partial charge is 0.257 e. The molecule has 0 spiro atoms. The number of nitrogens with one attached hydrogen (secondary N) is 1. The Bertz CT molecular complexity index is 482. The Labute approximate surface area is 144 Å². The third-order valence-electron chi connectivity index (χ3n) is 4.10. The summed E-state index contributed by atoms with van der Waals surface area (Å²) >= 11 is 5.81. The maximum absolute atomic E-state index is 11.9. The third kappa shape index (κ3) is 6.80. The molecule has 1 heterocycles. The number of hydrogen-bond acceptors (Lipinski definition) is 3. The van der Waals surface area contributed by atoms with Crippen LogP contribution < -0.4 is 10.1 Å². The van der Waals surface area contributed by atoms with E-state index in [0.717, 1.165) is 38.4 Å². The van der Waals surface area contributed by atoms with Crippen LogP contribution in [0, 0.1) is 11.8 Å². The molecule has 0 atom stereocenters. The number of benzene rings is 1. The van der Waals surface area contributed by atoms with E-state index in [2.05, 4.69) is 24.1 Å². The molecule has 0 saturated carbocycles. The van der Waals surface area contributed by atoms with Crippen molar-refractivity contribution in [2.75, 3.05) is 32.8 Å². The standard InChI is InChI=1S/C18H27ClN2O2/c1-14(2)12-21-9-7-15(8-10-21)11-20-18(22)13-23-17-5-3-16(19)4-6-17/h3-6,14-15H,7-13H2,1-2H3,(H,20,22). The summed E-state index contributed by atoms with van der Waals surface area (Å²) in [5.41, 5.74) is 0. The van der Waals surface area contributed by atoms with Gasteiger partial charge in [-0.2, -0.15) is 0 Å². The second kappa shape index (κ2) is 9.14. The number of ether oxygens (including phenoxy) is 1. The van der Waals surface area contributed by atoms with Crippen LogP contribution in [0.1, 0.15) is 26.7 Å². The topological polar surface area (TPSA) is 41.6 Å². The lowest BCUT2D eigenvalue weighted by Crippen LogP contribution is -2.40. The highest BCUT2D eigenvalue weighted by atomic mass is 35.5. The fourth-order valence-electron chi connectivity index (χ4n) is 2.88. The van der Waals surface area contributed by atoms with E-state index in [1.54, 1.807) is 24.3 Å². The summed E-state index contributed by atoms with van der Waals surface area (Å²) in [6.07, 6.45) is 2.32. The Morgan fingerprint density at radius 2 is 1.96 bits per heavy atom. The van der Waals surface area contributed by atoms with E-state index in [-0.39, 0.29) is 12.5 Å². The van der Waals surface area contributed by atoms with Gasteiger partial charge >= 0.3 is 0 Å². The molecule has 1 aliphatic heterocycles. The van der Waals surface area contributed by atoms with Gasteiger partial charge in [0.1, 0.15) is 5.75 Å².